The maximum Gasteiger partial charge on any atom is 0.132 e. The number of hydrogen-bond acceptors (Lipinski definition) is 4. The minimum Gasteiger partial charge on any atom is -0.356 e. The molecule has 1 aliphatic heterocycles. The Morgan fingerprint density at radius 3 is 3.00 bits per heavy atom. The predicted octanol–water partition coefficient (Wildman–Crippen LogP) is 2.64. The monoisotopic (exact) mass is 276 g/mol. The molecule has 0 amide bonds. The van der Waals surface area contributed by atoms with Crippen molar-refractivity contribution in [3.05, 3.63) is 18.1 Å². The van der Waals surface area contributed by atoms with Crippen LogP contribution in [-0.2, 0) is 6.42 Å². The molecule has 1 N–H and O–H groups in total. The number of hydrogen-bond donors (Lipinski definition) is 1. The van der Waals surface area contributed by atoms with Crippen LogP contribution in [0.1, 0.15) is 45.7 Å². The van der Waals surface area contributed by atoms with Crippen LogP contribution in [0.25, 0.3) is 0 Å². The molecule has 0 aliphatic carbocycles. The zero-order valence-corrected chi connectivity index (χ0v) is 13.1. The first kappa shape index (κ1) is 15.2. The van der Waals surface area contributed by atoms with Crippen molar-refractivity contribution >= 4 is 5.82 Å². The van der Waals surface area contributed by atoms with Crippen LogP contribution in [0.5, 0.6) is 0 Å². The summed E-state index contributed by atoms with van der Waals surface area (Å²) in [6, 6.07) is 2.74. The van der Waals surface area contributed by atoms with Gasteiger partial charge in [0.1, 0.15) is 12.1 Å². The topological polar surface area (TPSA) is 41.0 Å². The summed E-state index contributed by atoms with van der Waals surface area (Å²) in [7, 11) is 0. The highest BCUT2D eigenvalue weighted by Gasteiger charge is 2.21. The smallest absolute Gasteiger partial charge is 0.132 e. The normalized spacial score (nSPS) is 19.6. The van der Waals surface area contributed by atoms with Gasteiger partial charge in [-0.3, -0.25) is 0 Å². The molecule has 2 rings (SSSR count). The molecule has 1 aliphatic rings. The Bertz CT molecular complexity index is 405. The number of nitrogens with zero attached hydrogens (tertiary/aromatic N) is 3. The van der Waals surface area contributed by atoms with Crippen molar-refractivity contribution in [1.82, 2.24) is 15.3 Å². The second-order valence-electron chi connectivity index (χ2n) is 6.13. The highest BCUT2D eigenvalue weighted by Crippen LogP contribution is 2.21. The molecule has 1 aromatic heterocycles. The third kappa shape index (κ3) is 4.44. The second-order valence-corrected chi connectivity index (χ2v) is 6.13. The highest BCUT2D eigenvalue weighted by molar-refractivity contribution is 5.39. The third-order valence-corrected chi connectivity index (χ3v) is 3.87. The van der Waals surface area contributed by atoms with Crippen molar-refractivity contribution < 1.29 is 0 Å². The number of aromatic nitrogens is 2. The largest absolute Gasteiger partial charge is 0.356 e. The molecule has 0 radical (unpaired) electrons. The first-order valence-electron chi connectivity index (χ1n) is 7.98. The second kappa shape index (κ2) is 7.58. The summed E-state index contributed by atoms with van der Waals surface area (Å²) in [5.41, 5.74) is 1.17. The van der Waals surface area contributed by atoms with Gasteiger partial charge in [0.25, 0.3) is 0 Å². The molecule has 1 aromatic rings. The lowest BCUT2D eigenvalue weighted by Gasteiger charge is -2.34. The van der Waals surface area contributed by atoms with Crippen LogP contribution in [0, 0.1) is 5.92 Å². The average molecular weight is 276 g/mol. The Morgan fingerprint density at radius 1 is 1.40 bits per heavy atom. The summed E-state index contributed by atoms with van der Waals surface area (Å²) in [5.74, 6) is 1.84. The van der Waals surface area contributed by atoms with Crippen molar-refractivity contribution in [2.24, 2.45) is 5.92 Å². The van der Waals surface area contributed by atoms with Gasteiger partial charge in [-0.15, -0.1) is 0 Å². The number of aryl methyl sites for hydroxylation is 1. The molecule has 0 saturated carbocycles. The standard InChI is InChI=1S/C16H28N4/c1-4-6-15-9-16(19-12-18-15)20-8-5-7-14(11-20)10-17-13(2)3/h9,12-14,17H,4-8,10-11H2,1-3H3. The van der Waals surface area contributed by atoms with Gasteiger partial charge < -0.3 is 10.2 Å². The van der Waals surface area contributed by atoms with Crippen LogP contribution >= 0.6 is 0 Å². The van der Waals surface area contributed by atoms with E-state index in [0.717, 1.165) is 44.2 Å². The van der Waals surface area contributed by atoms with Crippen LogP contribution in [0.15, 0.2) is 12.4 Å². The quantitative estimate of drug-likeness (QED) is 0.867. The number of rotatable bonds is 6. The minimum atomic E-state index is 0.570. The van der Waals surface area contributed by atoms with Gasteiger partial charge in [-0.25, -0.2) is 9.97 Å². The Kier molecular flexibility index (Phi) is 5.77. The molecule has 0 aromatic carbocycles. The first-order valence-corrected chi connectivity index (χ1v) is 7.98. The number of nitrogens with one attached hydrogen (secondary N) is 1. The Balaban J connectivity index is 1.95. The summed E-state index contributed by atoms with van der Waals surface area (Å²) < 4.78 is 0. The fourth-order valence-electron chi connectivity index (χ4n) is 2.79. The van der Waals surface area contributed by atoms with Gasteiger partial charge in [-0.2, -0.15) is 0 Å². The maximum absolute atomic E-state index is 4.47. The SMILES string of the molecule is CCCc1cc(N2CCCC(CNC(C)C)C2)ncn1. The molecule has 1 unspecified atom stereocenters. The van der Waals surface area contributed by atoms with Gasteiger partial charge in [0.05, 0.1) is 0 Å². The molecule has 0 spiro atoms. The van der Waals surface area contributed by atoms with Gasteiger partial charge in [-0.1, -0.05) is 27.2 Å². The summed E-state index contributed by atoms with van der Waals surface area (Å²) >= 11 is 0. The van der Waals surface area contributed by atoms with E-state index in [1.165, 1.54) is 18.5 Å². The summed E-state index contributed by atoms with van der Waals surface area (Å²) in [5, 5.41) is 3.56. The van der Waals surface area contributed by atoms with Crippen molar-refractivity contribution in [1.29, 1.82) is 0 Å². The zero-order valence-electron chi connectivity index (χ0n) is 13.1. The molecule has 20 heavy (non-hydrogen) atoms. The zero-order chi connectivity index (χ0) is 14.4. The van der Waals surface area contributed by atoms with E-state index in [0.29, 0.717) is 6.04 Å². The molecule has 1 saturated heterocycles. The van der Waals surface area contributed by atoms with Gasteiger partial charge in [-0.05, 0) is 31.7 Å². The summed E-state index contributed by atoms with van der Waals surface area (Å²) in [6.45, 7) is 9.96. The van der Waals surface area contributed by atoms with E-state index in [1.807, 2.05) is 0 Å². The fraction of sp³-hybridized carbons (Fsp3) is 0.750. The average Bonchev–Trinajstić information content (AvgIpc) is 2.46. The Labute approximate surface area is 123 Å². The maximum atomic E-state index is 4.47. The summed E-state index contributed by atoms with van der Waals surface area (Å²) in [6.07, 6.45) is 6.48. The molecular formula is C16H28N4. The lowest BCUT2D eigenvalue weighted by Crippen LogP contribution is -2.41. The first-order chi connectivity index (χ1) is 9.69. The highest BCUT2D eigenvalue weighted by atomic mass is 15.2. The Hall–Kier alpha value is -1.16. The molecule has 1 atom stereocenters. The summed E-state index contributed by atoms with van der Waals surface area (Å²) in [4.78, 5) is 11.2. The van der Waals surface area contributed by atoms with Crippen LogP contribution in [0.2, 0.25) is 0 Å². The van der Waals surface area contributed by atoms with Gasteiger partial charge >= 0.3 is 0 Å². The van der Waals surface area contributed by atoms with Crippen LogP contribution < -0.4 is 10.2 Å². The molecular weight excluding hydrogens is 248 g/mol. The van der Waals surface area contributed by atoms with Crippen molar-refractivity contribution in [3.8, 4) is 0 Å². The van der Waals surface area contributed by atoms with E-state index in [-0.39, 0.29) is 0 Å². The van der Waals surface area contributed by atoms with Crippen molar-refractivity contribution in [3.63, 3.8) is 0 Å². The van der Waals surface area contributed by atoms with E-state index in [4.69, 9.17) is 0 Å². The minimum absolute atomic E-state index is 0.570. The van der Waals surface area contributed by atoms with E-state index in [9.17, 15) is 0 Å². The number of piperidine rings is 1. The van der Waals surface area contributed by atoms with E-state index in [1.54, 1.807) is 6.33 Å². The van der Waals surface area contributed by atoms with Gasteiger partial charge in [0.2, 0.25) is 0 Å². The fourth-order valence-corrected chi connectivity index (χ4v) is 2.79. The molecule has 112 valence electrons. The lowest BCUT2D eigenvalue weighted by atomic mass is 9.97. The van der Waals surface area contributed by atoms with Gasteiger partial charge in [0, 0.05) is 30.9 Å². The van der Waals surface area contributed by atoms with Crippen LogP contribution in [0.4, 0.5) is 5.82 Å². The molecule has 4 nitrogen and oxygen atoms in total. The Morgan fingerprint density at radius 2 is 2.25 bits per heavy atom. The van der Waals surface area contributed by atoms with Crippen molar-refractivity contribution in [2.75, 3.05) is 24.5 Å². The van der Waals surface area contributed by atoms with Crippen LogP contribution in [0.3, 0.4) is 0 Å². The molecule has 4 heteroatoms. The number of anilines is 1. The molecule has 2 heterocycles. The lowest BCUT2D eigenvalue weighted by molar-refractivity contribution is 0.378. The van der Waals surface area contributed by atoms with E-state index < -0.39 is 0 Å². The third-order valence-electron chi connectivity index (χ3n) is 3.87. The predicted molar refractivity (Wildman–Crippen MR) is 84.1 cm³/mol. The molecule has 0 bridgehead atoms. The van der Waals surface area contributed by atoms with E-state index >= 15 is 0 Å². The van der Waals surface area contributed by atoms with Crippen molar-refractivity contribution in [2.45, 2.75) is 52.5 Å². The molecule has 1 fully saturated rings. The van der Waals surface area contributed by atoms with Gasteiger partial charge in [0.15, 0.2) is 0 Å². The van der Waals surface area contributed by atoms with E-state index in [2.05, 4.69) is 47.0 Å². The van der Waals surface area contributed by atoms with Crippen LogP contribution in [-0.4, -0.2) is 35.6 Å².